The SMILES string of the molecule is Cc1ccccc1CN1CCN(C(=O)c2c3c(nc4ccccc24)CCC3)CC1. The second-order valence-electron chi connectivity index (χ2n) is 8.28. The van der Waals surface area contributed by atoms with Crippen molar-refractivity contribution in [3.63, 3.8) is 0 Å². The number of rotatable bonds is 3. The lowest BCUT2D eigenvalue weighted by molar-refractivity contribution is 0.0629. The minimum Gasteiger partial charge on any atom is -0.336 e. The lowest BCUT2D eigenvalue weighted by Gasteiger charge is -2.35. The van der Waals surface area contributed by atoms with Crippen molar-refractivity contribution >= 4 is 16.8 Å². The van der Waals surface area contributed by atoms with Gasteiger partial charge in [-0.2, -0.15) is 0 Å². The molecule has 1 fully saturated rings. The predicted molar refractivity (Wildman–Crippen MR) is 116 cm³/mol. The molecule has 1 aliphatic heterocycles. The van der Waals surface area contributed by atoms with Gasteiger partial charge in [0.1, 0.15) is 0 Å². The van der Waals surface area contributed by atoms with Crippen LogP contribution in [0, 0.1) is 6.92 Å². The van der Waals surface area contributed by atoms with E-state index in [4.69, 9.17) is 4.98 Å². The van der Waals surface area contributed by atoms with Crippen molar-refractivity contribution in [1.82, 2.24) is 14.8 Å². The fourth-order valence-corrected chi connectivity index (χ4v) is 4.75. The van der Waals surface area contributed by atoms with Crippen LogP contribution in [0.4, 0.5) is 0 Å². The van der Waals surface area contributed by atoms with Gasteiger partial charge < -0.3 is 4.90 Å². The number of carbonyl (C=O) groups excluding carboxylic acids is 1. The average Bonchev–Trinajstić information content (AvgIpc) is 3.22. The van der Waals surface area contributed by atoms with Gasteiger partial charge in [-0.05, 0) is 48.9 Å². The first-order chi connectivity index (χ1) is 14.2. The number of nitrogens with zero attached hydrogens (tertiary/aromatic N) is 3. The Bertz CT molecular complexity index is 1070. The molecule has 0 bridgehead atoms. The summed E-state index contributed by atoms with van der Waals surface area (Å²) in [5.74, 6) is 0.192. The molecule has 0 spiro atoms. The highest BCUT2D eigenvalue weighted by atomic mass is 16.2. The number of aromatic nitrogens is 1. The Balaban J connectivity index is 1.36. The zero-order chi connectivity index (χ0) is 19.8. The van der Waals surface area contributed by atoms with Crippen molar-refractivity contribution in [3.8, 4) is 0 Å². The lowest BCUT2D eigenvalue weighted by atomic mass is 9.99. The predicted octanol–water partition coefficient (Wildman–Crippen LogP) is 3.99. The number of fused-ring (bicyclic) bond motifs is 2. The zero-order valence-corrected chi connectivity index (χ0v) is 17.0. The van der Waals surface area contributed by atoms with E-state index in [9.17, 15) is 4.79 Å². The molecule has 148 valence electrons. The maximum Gasteiger partial charge on any atom is 0.254 e. The smallest absolute Gasteiger partial charge is 0.254 e. The van der Waals surface area contributed by atoms with E-state index < -0.39 is 0 Å². The van der Waals surface area contributed by atoms with Gasteiger partial charge in [0.25, 0.3) is 5.91 Å². The molecule has 0 unspecified atom stereocenters. The second kappa shape index (κ2) is 7.60. The molecular formula is C25H27N3O. The molecule has 3 aromatic rings. The molecule has 2 aliphatic rings. The molecule has 0 radical (unpaired) electrons. The minimum absolute atomic E-state index is 0.192. The summed E-state index contributed by atoms with van der Waals surface area (Å²) in [5, 5.41) is 1.01. The Kier molecular flexibility index (Phi) is 4.80. The monoisotopic (exact) mass is 385 g/mol. The number of piperazine rings is 1. The molecule has 1 amide bonds. The summed E-state index contributed by atoms with van der Waals surface area (Å²) < 4.78 is 0. The minimum atomic E-state index is 0.192. The van der Waals surface area contributed by atoms with Crippen molar-refractivity contribution in [2.24, 2.45) is 0 Å². The van der Waals surface area contributed by atoms with Crippen LogP contribution in [0.15, 0.2) is 48.5 Å². The molecule has 1 aromatic heterocycles. The van der Waals surface area contributed by atoms with Crippen LogP contribution < -0.4 is 0 Å². The molecule has 2 heterocycles. The quantitative estimate of drug-likeness (QED) is 0.684. The highest BCUT2D eigenvalue weighted by molar-refractivity contribution is 6.07. The Labute approximate surface area is 172 Å². The van der Waals surface area contributed by atoms with E-state index in [0.29, 0.717) is 0 Å². The molecule has 0 saturated carbocycles. The van der Waals surface area contributed by atoms with Gasteiger partial charge in [0.2, 0.25) is 0 Å². The summed E-state index contributed by atoms with van der Waals surface area (Å²) in [7, 11) is 0. The fraction of sp³-hybridized carbons (Fsp3) is 0.360. The van der Waals surface area contributed by atoms with Crippen molar-refractivity contribution in [1.29, 1.82) is 0 Å². The lowest BCUT2D eigenvalue weighted by Crippen LogP contribution is -2.48. The van der Waals surface area contributed by atoms with E-state index in [1.807, 2.05) is 18.2 Å². The van der Waals surface area contributed by atoms with E-state index in [-0.39, 0.29) is 5.91 Å². The summed E-state index contributed by atoms with van der Waals surface area (Å²) >= 11 is 0. The number of para-hydroxylation sites is 1. The van der Waals surface area contributed by atoms with Crippen LogP contribution in [-0.2, 0) is 19.4 Å². The van der Waals surface area contributed by atoms with Crippen LogP contribution >= 0.6 is 0 Å². The summed E-state index contributed by atoms with van der Waals surface area (Å²) in [6, 6.07) is 16.7. The van der Waals surface area contributed by atoms with E-state index >= 15 is 0 Å². The Morgan fingerprint density at radius 3 is 2.55 bits per heavy atom. The molecule has 1 aliphatic carbocycles. The first-order valence-corrected chi connectivity index (χ1v) is 10.7. The summed E-state index contributed by atoms with van der Waals surface area (Å²) in [6.45, 7) is 6.55. The second-order valence-corrected chi connectivity index (χ2v) is 8.28. The Hall–Kier alpha value is -2.72. The maximum atomic E-state index is 13.6. The zero-order valence-electron chi connectivity index (χ0n) is 17.0. The van der Waals surface area contributed by atoms with E-state index in [2.05, 4.69) is 47.1 Å². The summed E-state index contributed by atoms with van der Waals surface area (Å²) in [5.41, 5.74) is 6.90. The molecule has 4 heteroatoms. The van der Waals surface area contributed by atoms with E-state index in [1.54, 1.807) is 0 Å². The number of pyridine rings is 1. The van der Waals surface area contributed by atoms with Crippen LogP contribution in [0.25, 0.3) is 10.9 Å². The van der Waals surface area contributed by atoms with Gasteiger partial charge in [0.15, 0.2) is 0 Å². The molecule has 29 heavy (non-hydrogen) atoms. The number of amides is 1. The molecule has 1 saturated heterocycles. The average molecular weight is 386 g/mol. The van der Waals surface area contributed by atoms with Crippen LogP contribution in [-0.4, -0.2) is 46.9 Å². The third-order valence-electron chi connectivity index (χ3n) is 6.45. The number of hydrogen-bond acceptors (Lipinski definition) is 3. The van der Waals surface area contributed by atoms with E-state index in [0.717, 1.165) is 74.1 Å². The van der Waals surface area contributed by atoms with Crippen LogP contribution in [0.2, 0.25) is 0 Å². The maximum absolute atomic E-state index is 13.6. The topological polar surface area (TPSA) is 36.4 Å². The van der Waals surface area contributed by atoms with Gasteiger partial charge in [-0.1, -0.05) is 42.5 Å². The van der Waals surface area contributed by atoms with Crippen molar-refractivity contribution in [2.75, 3.05) is 26.2 Å². The molecular weight excluding hydrogens is 358 g/mol. The first-order valence-electron chi connectivity index (χ1n) is 10.7. The Morgan fingerprint density at radius 2 is 1.72 bits per heavy atom. The van der Waals surface area contributed by atoms with Gasteiger partial charge in [-0.25, -0.2) is 0 Å². The standard InChI is InChI=1S/C25H27N3O/c1-18-7-2-3-8-19(18)17-27-13-15-28(16-14-27)25(29)24-20-9-4-5-11-22(20)26-23-12-6-10-21(23)24/h2-5,7-9,11H,6,10,12-17H2,1H3. The normalized spacial score (nSPS) is 16.9. The van der Waals surface area contributed by atoms with Crippen molar-refractivity contribution in [3.05, 3.63) is 76.5 Å². The van der Waals surface area contributed by atoms with Gasteiger partial charge >= 0.3 is 0 Å². The first kappa shape index (κ1) is 18.3. The summed E-state index contributed by atoms with van der Waals surface area (Å²) in [6.07, 6.45) is 3.06. The summed E-state index contributed by atoms with van der Waals surface area (Å²) in [4.78, 5) is 22.9. The highest BCUT2D eigenvalue weighted by Gasteiger charge is 2.28. The van der Waals surface area contributed by atoms with Gasteiger partial charge in [-0.15, -0.1) is 0 Å². The van der Waals surface area contributed by atoms with Crippen LogP contribution in [0.5, 0.6) is 0 Å². The molecule has 4 nitrogen and oxygen atoms in total. The third kappa shape index (κ3) is 3.42. The molecule has 0 N–H and O–H groups in total. The number of benzene rings is 2. The molecule has 0 atom stereocenters. The molecule has 2 aromatic carbocycles. The number of aryl methyl sites for hydroxylation is 2. The van der Waals surface area contributed by atoms with Crippen molar-refractivity contribution < 1.29 is 4.79 Å². The van der Waals surface area contributed by atoms with Gasteiger partial charge in [0, 0.05) is 43.8 Å². The Morgan fingerprint density at radius 1 is 0.966 bits per heavy atom. The van der Waals surface area contributed by atoms with Crippen LogP contribution in [0.1, 0.15) is 39.2 Å². The fourth-order valence-electron chi connectivity index (χ4n) is 4.75. The molecule has 5 rings (SSSR count). The largest absolute Gasteiger partial charge is 0.336 e. The van der Waals surface area contributed by atoms with Crippen LogP contribution in [0.3, 0.4) is 0 Å². The number of carbonyl (C=O) groups is 1. The van der Waals surface area contributed by atoms with Crippen molar-refractivity contribution in [2.45, 2.75) is 32.7 Å². The van der Waals surface area contributed by atoms with E-state index in [1.165, 1.54) is 16.7 Å². The van der Waals surface area contributed by atoms with Gasteiger partial charge in [-0.3, -0.25) is 14.7 Å². The number of hydrogen-bond donors (Lipinski definition) is 0. The third-order valence-corrected chi connectivity index (χ3v) is 6.45. The highest BCUT2D eigenvalue weighted by Crippen LogP contribution is 2.31. The van der Waals surface area contributed by atoms with Gasteiger partial charge in [0.05, 0.1) is 11.1 Å².